The third-order valence-electron chi connectivity index (χ3n) is 5.04. The van der Waals surface area contributed by atoms with Gasteiger partial charge in [-0.1, -0.05) is 18.2 Å². The minimum absolute atomic E-state index is 0.209. The molecule has 0 radical (unpaired) electrons. The molecule has 1 aromatic carbocycles. The van der Waals surface area contributed by atoms with Gasteiger partial charge in [0.1, 0.15) is 18.1 Å². The molecule has 1 heterocycles. The predicted molar refractivity (Wildman–Crippen MR) is 127 cm³/mol. The molecule has 0 aliphatic carbocycles. The highest BCUT2D eigenvalue weighted by atomic mass is 32.1. The van der Waals surface area contributed by atoms with Crippen molar-refractivity contribution in [3.8, 4) is 0 Å². The fourth-order valence-corrected chi connectivity index (χ4v) is 3.43. The number of amides is 4. The number of H-pyrrole nitrogens is 1. The second kappa shape index (κ2) is 12.0. The molecule has 4 atom stereocenters. The van der Waals surface area contributed by atoms with Gasteiger partial charge in [-0.2, -0.15) is 12.6 Å². The van der Waals surface area contributed by atoms with Crippen LogP contribution in [0.3, 0.4) is 0 Å². The summed E-state index contributed by atoms with van der Waals surface area (Å²) in [6.45, 7) is 1.37. The van der Waals surface area contributed by atoms with Crippen LogP contribution in [0.1, 0.15) is 18.9 Å². The second-order valence-electron chi connectivity index (χ2n) is 7.71. The van der Waals surface area contributed by atoms with Gasteiger partial charge in [-0.3, -0.25) is 19.2 Å². The van der Waals surface area contributed by atoms with Crippen molar-refractivity contribution in [3.63, 3.8) is 0 Å². The lowest BCUT2D eigenvalue weighted by molar-refractivity contribution is -0.141. The van der Waals surface area contributed by atoms with E-state index in [1.807, 2.05) is 24.3 Å². The van der Waals surface area contributed by atoms with Gasteiger partial charge in [0.15, 0.2) is 0 Å². The van der Waals surface area contributed by atoms with Crippen molar-refractivity contribution in [1.29, 1.82) is 0 Å². The number of benzene rings is 1. The number of nitrogens with one attached hydrogen (secondary N) is 4. The van der Waals surface area contributed by atoms with Gasteiger partial charge >= 0.3 is 5.97 Å². The van der Waals surface area contributed by atoms with E-state index in [0.717, 1.165) is 16.5 Å². The lowest BCUT2D eigenvalue weighted by atomic mass is 10.0. The molecule has 0 spiro atoms. The Morgan fingerprint density at radius 2 is 1.68 bits per heavy atom. The zero-order valence-electron chi connectivity index (χ0n) is 18.4. The van der Waals surface area contributed by atoms with Crippen LogP contribution >= 0.6 is 12.6 Å². The van der Waals surface area contributed by atoms with E-state index in [1.165, 1.54) is 6.92 Å². The third-order valence-corrected chi connectivity index (χ3v) is 5.40. The average Bonchev–Trinajstić information content (AvgIpc) is 3.18. The standard InChI is InChI=1S/C21H28N6O6S/c1-10(18(29)26-15(7-17(23)28)20(31)27-16(9-34)21(32)33)25-19(30)13(22)6-11-8-24-14-5-3-2-4-12(11)14/h2-5,8,10,13,15-16,24,34H,6-7,9,22H2,1H3,(H2,23,28)(H,25,30)(H,26,29)(H,27,31)(H,32,33). The fourth-order valence-electron chi connectivity index (χ4n) is 3.18. The number of carbonyl (C=O) groups excluding carboxylic acids is 4. The van der Waals surface area contributed by atoms with Crippen molar-refractivity contribution in [2.24, 2.45) is 11.5 Å². The maximum absolute atomic E-state index is 12.5. The van der Waals surface area contributed by atoms with Crippen LogP contribution in [0.15, 0.2) is 30.5 Å². The van der Waals surface area contributed by atoms with Crippen LogP contribution in [0, 0.1) is 0 Å². The Balaban J connectivity index is 1.98. The van der Waals surface area contributed by atoms with E-state index < -0.39 is 60.2 Å². The van der Waals surface area contributed by atoms with Crippen molar-refractivity contribution >= 4 is 53.1 Å². The number of nitrogens with two attached hydrogens (primary N) is 2. The molecular formula is C21H28N6O6S. The summed E-state index contributed by atoms with van der Waals surface area (Å²) >= 11 is 3.84. The van der Waals surface area contributed by atoms with E-state index in [0.29, 0.717) is 0 Å². The molecule has 34 heavy (non-hydrogen) atoms. The highest BCUT2D eigenvalue weighted by Gasteiger charge is 2.29. The van der Waals surface area contributed by atoms with E-state index in [4.69, 9.17) is 16.6 Å². The van der Waals surface area contributed by atoms with Gasteiger partial charge in [-0.25, -0.2) is 4.79 Å². The summed E-state index contributed by atoms with van der Waals surface area (Å²) in [5.41, 5.74) is 12.9. The minimum Gasteiger partial charge on any atom is -0.480 e. The Kier molecular flexibility index (Phi) is 9.45. The number of rotatable bonds is 12. The first-order valence-corrected chi connectivity index (χ1v) is 11.0. The number of hydrogen-bond acceptors (Lipinski definition) is 7. The van der Waals surface area contributed by atoms with Gasteiger partial charge in [-0.05, 0) is 25.0 Å². The molecule has 0 bridgehead atoms. The van der Waals surface area contributed by atoms with Crippen LogP contribution in [-0.4, -0.2) is 69.6 Å². The van der Waals surface area contributed by atoms with Crippen molar-refractivity contribution in [3.05, 3.63) is 36.0 Å². The maximum atomic E-state index is 12.5. The fraction of sp³-hybridized carbons (Fsp3) is 0.381. The van der Waals surface area contributed by atoms with Crippen molar-refractivity contribution in [2.75, 3.05) is 5.75 Å². The first kappa shape index (κ1) is 26.7. The quantitative estimate of drug-likeness (QED) is 0.163. The lowest BCUT2D eigenvalue weighted by Crippen LogP contribution is -2.57. The summed E-state index contributed by atoms with van der Waals surface area (Å²) in [5.74, 6) is -4.74. The summed E-state index contributed by atoms with van der Waals surface area (Å²) in [6, 6.07) is 2.70. The molecule has 13 heteroatoms. The van der Waals surface area contributed by atoms with E-state index in [9.17, 15) is 24.0 Å². The van der Waals surface area contributed by atoms with E-state index in [2.05, 4.69) is 33.6 Å². The van der Waals surface area contributed by atoms with Gasteiger partial charge in [0.25, 0.3) is 0 Å². The lowest BCUT2D eigenvalue weighted by Gasteiger charge is -2.22. The van der Waals surface area contributed by atoms with E-state index in [1.54, 1.807) is 6.20 Å². The topological polar surface area (TPSA) is 209 Å². The number of aliphatic carboxylic acids is 1. The predicted octanol–water partition coefficient (Wildman–Crippen LogP) is -1.60. The molecule has 184 valence electrons. The summed E-state index contributed by atoms with van der Waals surface area (Å²) in [5, 5.41) is 16.9. The Morgan fingerprint density at radius 3 is 2.29 bits per heavy atom. The molecule has 0 saturated carbocycles. The Hall–Kier alpha value is -3.58. The van der Waals surface area contributed by atoms with E-state index in [-0.39, 0.29) is 12.2 Å². The third kappa shape index (κ3) is 7.22. The number of thiol groups is 1. The zero-order chi connectivity index (χ0) is 25.4. The van der Waals surface area contributed by atoms with Crippen molar-refractivity contribution < 1.29 is 29.1 Å². The number of aromatic amines is 1. The van der Waals surface area contributed by atoms with Crippen LogP contribution in [0.4, 0.5) is 0 Å². The van der Waals surface area contributed by atoms with Crippen molar-refractivity contribution in [2.45, 2.75) is 43.9 Å². The minimum atomic E-state index is -1.44. The van der Waals surface area contributed by atoms with Gasteiger partial charge < -0.3 is 37.5 Å². The maximum Gasteiger partial charge on any atom is 0.327 e. The van der Waals surface area contributed by atoms with Gasteiger partial charge in [0.2, 0.25) is 23.6 Å². The molecule has 4 amide bonds. The second-order valence-corrected chi connectivity index (χ2v) is 8.08. The molecule has 2 aromatic rings. The molecule has 9 N–H and O–H groups in total. The Morgan fingerprint density at radius 1 is 1.03 bits per heavy atom. The molecule has 12 nitrogen and oxygen atoms in total. The van der Waals surface area contributed by atoms with Crippen LogP contribution in [0.2, 0.25) is 0 Å². The summed E-state index contributed by atoms with van der Waals surface area (Å²) in [4.78, 5) is 63.0. The normalized spacial score (nSPS) is 14.4. The number of primary amides is 1. The molecule has 4 unspecified atom stereocenters. The summed E-state index contributed by atoms with van der Waals surface area (Å²) in [7, 11) is 0. The largest absolute Gasteiger partial charge is 0.480 e. The van der Waals surface area contributed by atoms with Crippen molar-refractivity contribution in [1.82, 2.24) is 20.9 Å². The molecule has 0 fully saturated rings. The number of carboxylic acid groups (broad SMARTS) is 1. The molecule has 0 saturated heterocycles. The number of carbonyl (C=O) groups is 5. The monoisotopic (exact) mass is 492 g/mol. The highest BCUT2D eigenvalue weighted by molar-refractivity contribution is 7.80. The first-order chi connectivity index (χ1) is 16.0. The number of para-hydroxylation sites is 1. The number of fused-ring (bicyclic) bond motifs is 1. The molecule has 0 aliphatic rings. The Labute approximate surface area is 200 Å². The zero-order valence-corrected chi connectivity index (χ0v) is 19.3. The molecule has 0 aliphatic heterocycles. The first-order valence-electron chi connectivity index (χ1n) is 10.4. The van der Waals surface area contributed by atoms with Crippen LogP contribution in [0.5, 0.6) is 0 Å². The summed E-state index contributed by atoms with van der Waals surface area (Å²) in [6.07, 6.45) is 1.41. The molecule has 2 rings (SSSR count). The van der Waals surface area contributed by atoms with Crippen LogP contribution in [-0.2, 0) is 30.4 Å². The smallest absolute Gasteiger partial charge is 0.327 e. The average molecular weight is 493 g/mol. The van der Waals surface area contributed by atoms with Gasteiger partial charge in [-0.15, -0.1) is 0 Å². The van der Waals surface area contributed by atoms with E-state index >= 15 is 0 Å². The van der Waals surface area contributed by atoms with Crippen LogP contribution in [0.25, 0.3) is 10.9 Å². The van der Waals surface area contributed by atoms with Crippen LogP contribution < -0.4 is 27.4 Å². The highest BCUT2D eigenvalue weighted by Crippen LogP contribution is 2.18. The summed E-state index contributed by atoms with van der Waals surface area (Å²) < 4.78 is 0. The number of hydrogen-bond donors (Lipinski definition) is 8. The number of aromatic nitrogens is 1. The van der Waals surface area contributed by atoms with Gasteiger partial charge in [0.05, 0.1) is 12.5 Å². The SMILES string of the molecule is CC(NC(=O)C(N)Cc1c[nH]c2ccccc12)C(=O)NC(CC(N)=O)C(=O)NC(CS)C(=O)O. The molecule has 1 aromatic heterocycles. The number of carboxylic acids is 1. The Bertz CT molecular complexity index is 1070. The molecular weight excluding hydrogens is 464 g/mol. The van der Waals surface area contributed by atoms with Gasteiger partial charge in [0, 0.05) is 22.9 Å².